The van der Waals surface area contributed by atoms with Crippen LogP contribution in [0.25, 0.3) is 11.4 Å². The molecule has 0 bridgehead atoms. The average Bonchev–Trinajstić information content (AvgIpc) is 2.78. The van der Waals surface area contributed by atoms with Crippen molar-refractivity contribution in [3.8, 4) is 22.9 Å². The quantitative estimate of drug-likeness (QED) is 0.583. The first-order valence-corrected chi connectivity index (χ1v) is 9.77. The molecule has 160 valence electrons. The molecule has 0 spiro atoms. The number of anilines is 1. The number of amides is 1. The largest absolute Gasteiger partial charge is 0.485 e. The summed E-state index contributed by atoms with van der Waals surface area (Å²) in [5.41, 5.74) is 6.93. The van der Waals surface area contributed by atoms with Crippen molar-refractivity contribution in [2.45, 2.75) is 13.0 Å². The summed E-state index contributed by atoms with van der Waals surface area (Å²) in [4.78, 5) is 38.0. The SMILES string of the molecule is CC(NC(=O)c1cc(Cl)c(N)c2c1OCCO2)c1nc(-c2ccncn2)cc(=O)n1C. The molecule has 4 rings (SSSR count). The van der Waals surface area contributed by atoms with Crippen molar-refractivity contribution >= 4 is 23.2 Å². The van der Waals surface area contributed by atoms with E-state index in [-0.39, 0.29) is 39.9 Å². The number of fused-ring (bicyclic) bond motifs is 1. The highest BCUT2D eigenvalue weighted by Gasteiger charge is 2.27. The highest BCUT2D eigenvalue weighted by Crippen LogP contribution is 2.43. The van der Waals surface area contributed by atoms with Crippen molar-refractivity contribution in [1.82, 2.24) is 24.8 Å². The summed E-state index contributed by atoms with van der Waals surface area (Å²) in [5.74, 6) is 0.349. The molecular weight excluding hydrogens is 424 g/mol. The lowest BCUT2D eigenvalue weighted by Gasteiger charge is -2.24. The number of benzene rings is 1. The molecule has 2 aromatic heterocycles. The molecule has 10 nitrogen and oxygen atoms in total. The lowest BCUT2D eigenvalue weighted by Crippen LogP contribution is -2.33. The van der Waals surface area contributed by atoms with E-state index < -0.39 is 11.9 Å². The van der Waals surface area contributed by atoms with Crippen LogP contribution in [-0.2, 0) is 7.05 Å². The first-order valence-electron chi connectivity index (χ1n) is 9.39. The number of nitrogen functional groups attached to an aromatic ring is 1. The second-order valence-corrected chi connectivity index (χ2v) is 7.27. The molecule has 0 saturated heterocycles. The number of carbonyl (C=O) groups excluding carboxylic acids is 1. The van der Waals surface area contributed by atoms with Crippen molar-refractivity contribution in [1.29, 1.82) is 0 Å². The van der Waals surface area contributed by atoms with Crippen molar-refractivity contribution < 1.29 is 14.3 Å². The van der Waals surface area contributed by atoms with Gasteiger partial charge in [-0.25, -0.2) is 15.0 Å². The fourth-order valence-corrected chi connectivity index (χ4v) is 3.42. The second kappa shape index (κ2) is 8.23. The van der Waals surface area contributed by atoms with Gasteiger partial charge in [-0.15, -0.1) is 0 Å². The van der Waals surface area contributed by atoms with Crippen LogP contribution >= 0.6 is 11.6 Å². The monoisotopic (exact) mass is 442 g/mol. The van der Waals surface area contributed by atoms with Gasteiger partial charge in [-0.3, -0.25) is 14.2 Å². The van der Waals surface area contributed by atoms with E-state index in [1.807, 2.05) is 0 Å². The number of nitrogens with zero attached hydrogens (tertiary/aromatic N) is 4. The third kappa shape index (κ3) is 3.89. The van der Waals surface area contributed by atoms with Crippen LogP contribution in [0.2, 0.25) is 5.02 Å². The van der Waals surface area contributed by atoms with E-state index in [1.165, 1.54) is 23.0 Å². The Morgan fingerprint density at radius 1 is 1.26 bits per heavy atom. The number of hydrogen-bond donors (Lipinski definition) is 2. The van der Waals surface area contributed by atoms with Gasteiger partial charge >= 0.3 is 0 Å². The first-order chi connectivity index (χ1) is 14.9. The number of carbonyl (C=O) groups is 1. The molecule has 31 heavy (non-hydrogen) atoms. The number of ether oxygens (including phenoxy) is 2. The summed E-state index contributed by atoms with van der Waals surface area (Å²) in [6.07, 6.45) is 2.93. The molecule has 1 unspecified atom stereocenters. The lowest BCUT2D eigenvalue weighted by molar-refractivity contribution is 0.0926. The molecule has 0 fully saturated rings. The van der Waals surface area contributed by atoms with Crippen LogP contribution in [0.3, 0.4) is 0 Å². The molecule has 11 heteroatoms. The zero-order valence-electron chi connectivity index (χ0n) is 16.8. The maximum absolute atomic E-state index is 13.0. The van der Waals surface area contributed by atoms with Crippen LogP contribution in [0.5, 0.6) is 11.5 Å². The van der Waals surface area contributed by atoms with Crippen molar-refractivity contribution in [3.63, 3.8) is 0 Å². The van der Waals surface area contributed by atoms with Crippen molar-refractivity contribution in [2.75, 3.05) is 18.9 Å². The van der Waals surface area contributed by atoms with E-state index in [2.05, 4.69) is 20.3 Å². The lowest BCUT2D eigenvalue weighted by atomic mass is 10.1. The second-order valence-electron chi connectivity index (χ2n) is 6.86. The Morgan fingerprint density at radius 2 is 2.00 bits per heavy atom. The van der Waals surface area contributed by atoms with E-state index in [0.717, 1.165) is 0 Å². The number of halogens is 1. The zero-order chi connectivity index (χ0) is 22.1. The smallest absolute Gasteiger partial charge is 0.255 e. The summed E-state index contributed by atoms with van der Waals surface area (Å²) in [6.45, 7) is 2.30. The van der Waals surface area contributed by atoms with E-state index in [0.29, 0.717) is 23.8 Å². The van der Waals surface area contributed by atoms with Crippen LogP contribution in [-0.4, -0.2) is 38.6 Å². The molecule has 1 aromatic carbocycles. The third-order valence-corrected chi connectivity index (χ3v) is 5.11. The number of rotatable bonds is 4. The van der Waals surface area contributed by atoms with E-state index in [1.54, 1.807) is 26.2 Å². The number of nitrogens with one attached hydrogen (secondary N) is 1. The average molecular weight is 443 g/mol. The van der Waals surface area contributed by atoms with Crippen LogP contribution in [0.4, 0.5) is 5.69 Å². The van der Waals surface area contributed by atoms with Crippen molar-refractivity contribution in [2.24, 2.45) is 7.05 Å². The maximum Gasteiger partial charge on any atom is 0.255 e. The van der Waals surface area contributed by atoms with Gasteiger partial charge in [0.1, 0.15) is 25.4 Å². The summed E-state index contributed by atoms with van der Waals surface area (Å²) in [7, 11) is 1.58. The van der Waals surface area contributed by atoms with E-state index >= 15 is 0 Å². The summed E-state index contributed by atoms with van der Waals surface area (Å²) in [5, 5.41) is 3.01. The number of hydrogen-bond acceptors (Lipinski definition) is 8. The van der Waals surface area contributed by atoms with Gasteiger partial charge in [0.15, 0.2) is 11.5 Å². The minimum absolute atomic E-state index is 0.178. The van der Waals surface area contributed by atoms with Gasteiger partial charge in [0.25, 0.3) is 11.5 Å². The molecule has 1 atom stereocenters. The van der Waals surface area contributed by atoms with Gasteiger partial charge in [0.05, 0.1) is 33.7 Å². The highest BCUT2D eigenvalue weighted by atomic mass is 35.5. The Bertz CT molecular complexity index is 1210. The topological polar surface area (TPSA) is 134 Å². The van der Waals surface area contributed by atoms with E-state index in [9.17, 15) is 9.59 Å². The zero-order valence-corrected chi connectivity index (χ0v) is 17.5. The fourth-order valence-electron chi connectivity index (χ4n) is 3.22. The summed E-state index contributed by atoms with van der Waals surface area (Å²) >= 11 is 6.17. The van der Waals surface area contributed by atoms with E-state index in [4.69, 9.17) is 26.8 Å². The molecule has 0 saturated carbocycles. The fraction of sp³-hybridized carbons (Fsp3) is 0.250. The number of aromatic nitrogens is 4. The maximum atomic E-state index is 13.0. The Kier molecular flexibility index (Phi) is 5.47. The molecule has 3 aromatic rings. The van der Waals surface area contributed by atoms with Gasteiger partial charge in [0, 0.05) is 19.3 Å². The van der Waals surface area contributed by atoms with Gasteiger partial charge in [0.2, 0.25) is 0 Å². The van der Waals surface area contributed by atoms with Gasteiger partial charge in [-0.05, 0) is 19.1 Å². The molecule has 1 amide bonds. The van der Waals surface area contributed by atoms with Gasteiger partial charge < -0.3 is 20.5 Å². The molecule has 0 aliphatic carbocycles. The normalized spacial score (nSPS) is 13.5. The van der Waals surface area contributed by atoms with Crippen LogP contribution in [0.15, 0.2) is 35.5 Å². The van der Waals surface area contributed by atoms with Gasteiger partial charge in [-0.1, -0.05) is 11.6 Å². The Hall–Kier alpha value is -3.66. The van der Waals surface area contributed by atoms with Crippen molar-refractivity contribution in [3.05, 3.63) is 57.5 Å². The van der Waals surface area contributed by atoms with Gasteiger partial charge in [-0.2, -0.15) is 0 Å². The molecule has 1 aliphatic heterocycles. The summed E-state index contributed by atoms with van der Waals surface area (Å²) < 4.78 is 12.5. The minimum atomic E-state index is -0.622. The molecule has 1 aliphatic rings. The predicted octanol–water partition coefficient (Wildman–Crippen LogP) is 1.74. The molecule has 3 heterocycles. The number of nitrogens with two attached hydrogens (primary N) is 1. The molecule has 3 N–H and O–H groups in total. The summed E-state index contributed by atoms with van der Waals surface area (Å²) in [6, 6.07) is 3.83. The van der Waals surface area contributed by atoms with Crippen LogP contribution in [0, 0.1) is 0 Å². The molecular formula is C20H19ClN6O4. The van der Waals surface area contributed by atoms with Crippen LogP contribution < -0.4 is 26.1 Å². The van der Waals surface area contributed by atoms with Crippen LogP contribution in [0.1, 0.15) is 29.1 Å². The standard InChI is InChI=1S/C20H19ClN6O4/c1-10(19-26-14(8-15(28)27(19)2)13-3-4-23-9-24-13)25-20(29)11-7-12(21)16(22)18-17(11)30-5-6-31-18/h3-4,7-10H,5-6,22H2,1-2H3,(H,25,29). The minimum Gasteiger partial charge on any atom is -0.485 e. The highest BCUT2D eigenvalue weighted by molar-refractivity contribution is 6.34. The third-order valence-electron chi connectivity index (χ3n) is 4.79. The molecule has 0 radical (unpaired) electrons. The Labute approximate surface area is 182 Å². The first kappa shape index (κ1) is 20.6. The Morgan fingerprint density at radius 3 is 2.71 bits per heavy atom. The predicted molar refractivity (Wildman–Crippen MR) is 113 cm³/mol. The Balaban J connectivity index is 1.67.